The summed E-state index contributed by atoms with van der Waals surface area (Å²) in [6.45, 7) is 11.8. The minimum Gasteiger partial charge on any atom is -0.492 e. The predicted octanol–water partition coefficient (Wildman–Crippen LogP) is 5.66. The minimum atomic E-state index is -0.987. The number of likely N-dealkylation sites (tertiary alicyclic amines) is 1. The first-order chi connectivity index (χ1) is 20.1. The first-order valence-corrected chi connectivity index (χ1v) is 15.1. The van der Waals surface area contributed by atoms with E-state index < -0.39 is 12.1 Å². The number of ether oxygens (including phenoxy) is 2. The number of nitrogens with one attached hydrogen (secondary N) is 2. The zero-order valence-corrected chi connectivity index (χ0v) is 25.6. The number of aryl methyl sites for hydroxylation is 1. The van der Waals surface area contributed by atoms with Gasteiger partial charge in [-0.25, -0.2) is 4.79 Å². The summed E-state index contributed by atoms with van der Waals surface area (Å²) in [7, 11) is 0. The number of fused-ring (bicyclic) bond motifs is 1. The third kappa shape index (κ3) is 7.41. The molecule has 1 saturated heterocycles. The van der Waals surface area contributed by atoms with E-state index >= 15 is 0 Å². The highest BCUT2D eigenvalue weighted by molar-refractivity contribution is 7.80. The van der Waals surface area contributed by atoms with Crippen LogP contribution in [0.15, 0.2) is 72.8 Å². The van der Waals surface area contributed by atoms with Crippen molar-refractivity contribution in [1.82, 2.24) is 10.2 Å². The van der Waals surface area contributed by atoms with Crippen LogP contribution in [-0.4, -0.2) is 59.5 Å². The highest BCUT2D eigenvalue weighted by Crippen LogP contribution is 2.45. The number of benzene rings is 3. The quantitative estimate of drug-likeness (QED) is 0.196. The van der Waals surface area contributed by atoms with Crippen molar-refractivity contribution in [2.75, 3.05) is 31.6 Å². The number of anilines is 1. The molecule has 5 rings (SSSR count). The van der Waals surface area contributed by atoms with Crippen molar-refractivity contribution in [3.63, 3.8) is 0 Å². The van der Waals surface area contributed by atoms with Gasteiger partial charge in [-0.15, -0.1) is 0 Å². The van der Waals surface area contributed by atoms with E-state index in [0.29, 0.717) is 30.2 Å². The van der Waals surface area contributed by atoms with Crippen LogP contribution in [-0.2, 0) is 16.6 Å². The number of hydrogen-bond donors (Lipinski definition) is 3. The van der Waals surface area contributed by atoms with Gasteiger partial charge in [0.15, 0.2) is 11.2 Å². The van der Waals surface area contributed by atoms with Gasteiger partial charge in [0.05, 0.1) is 0 Å². The van der Waals surface area contributed by atoms with Gasteiger partial charge in [0, 0.05) is 37.8 Å². The molecule has 1 aliphatic heterocycles. The van der Waals surface area contributed by atoms with Crippen molar-refractivity contribution in [3.05, 3.63) is 89.5 Å². The second-order valence-electron chi connectivity index (χ2n) is 12.4. The Bertz CT molecular complexity index is 1380. The summed E-state index contributed by atoms with van der Waals surface area (Å²) in [5.74, 6) is 1.58. The zero-order chi connectivity index (χ0) is 29.9. The van der Waals surface area contributed by atoms with Crippen molar-refractivity contribution >= 4 is 29.0 Å². The predicted molar refractivity (Wildman–Crippen MR) is 171 cm³/mol. The first-order valence-electron chi connectivity index (χ1n) is 14.6. The van der Waals surface area contributed by atoms with Crippen LogP contribution in [0.25, 0.3) is 0 Å². The van der Waals surface area contributed by atoms with Gasteiger partial charge in [0.25, 0.3) is 0 Å². The lowest BCUT2D eigenvalue weighted by Crippen LogP contribution is -2.38. The summed E-state index contributed by atoms with van der Waals surface area (Å²) < 4.78 is 11.7. The Kier molecular flexibility index (Phi) is 9.04. The third-order valence-electron chi connectivity index (χ3n) is 8.24. The van der Waals surface area contributed by atoms with Gasteiger partial charge >= 0.3 is 5.97 Å². The Balaban J connectivity index is 1.01. The molecule has 222 valence electrons. The number of nitrogens with zero attached hydrogens (tertiary/aromatic N) is 1. The van der Waals surface area contributed by atoms with E-state index in [1.54, 1.807) is 0 Å². The van der Waals surface area contributed by atoms with Crippen LogP contribution in [0.3, 0.4) is 0 Å². The second-order valence-corrected chi connectivity index (χ2v) is 12.8. The highest BCUT2D eigenvalue weighted by atomic mass is 32.1. The van der Waals surface area contributed by atoms with Gasteiger partial charge in [0.2, 0.25) is 0 Å². The molecule has 0 radical (unpaired) electrons. The number of hydrogen-bond acceptors (Lipinski definition) is 5. The molecule has 2 fully saturated rings. The van der Waals surface area contributed by atoms with E-state index in [0.717, 1.165) is 41.7 Å². The number of carbonyl (C=O) groups is 1. The van der Waals surface area contributed by atoms with Crippen molar-refractivity contribution < 1.29 is 19.4 Å². The first kappa shape index (κ1) is 29.9. The summed E-state index contributed by atoms with van der Waals surface area (Å²) >= 11 is 5.66. The van der Waals surface area contributed by atoms with Gasteiger partial charge in [-0.05, 0) is 83.4 Å². The van der Waals surface area contributed by atoms with Gasteiger partial charge in [-0.1, -0.05) is 63.2 Å². The number of aliphatic carboxylic acids is 1. The number of piperidine rings is 1. The molecule has 3 aromatic carbocycles. The van der Waals surface area contributed by atoms with Crippen molar-refractivity contribution in [2.45, 2.75) is 51.7 Å². The molecule has 4 atom stereocenters. The highest BCUT2D eigenvalue weighted by Gasteiger charge is 2.55. The maximum Gasteiger partial charge on any atom is 0.345 e. The fraction of sp³-hybridized carbons (Fsp3) is 0.412. The topological polar surface area (TPSA) is 83.1 Å². The molecule has 3 aromatic rings. The maximum atomic E-state index is 11.9. The molecule has 0 bridgehead atoms. The fourth-order valence-corrected chi connectivity index (χ4v) is 5.87. The van der Waals surface area contributed by atoms with Gasteiger partial charge in [0.1, 0.15) is 18.1 Å². The van der Waals surface area contributed by atoms with Crippen molar-refractivity contribution in [1.29, 1.82) is 0 Å². The van der Waals surface area contributed by atoms with Crippen LogP contribution in [0.4, 0.5) is 5.69 Å². The van der Waals surface area contributed by atoms with E-state index in [9.17, 15) is 9.90 Å². The maximum absolute atomic E-state index is 11.9. The van der Waals surface area contributed by atoms with E-state index in [4.69, 9.17) is 21.7 Å². The number of thiocarbonyl (C=S) groups is 1. The van der Waals surface area contributed by atoms with Crippen LogP contribution in [0.1, 0.15) is 37.5 Å². The lowest BCUT2D eigenvalue weighted by atomic mass is 9.87. The van der Waals surface area contributed by atoms with E-state index in [1.807, 2.05) is 60.7 Å². The molecule has 2 aliphatic rings. The average molecular weight is 588 g/mol. The largest absolute Gasteiger partial charge is 0.492 e. The Hall–Kier alpha value is -3.62. The number of carboxylic acids is 1. The number of para-hydroxylation sites is 1. The molecule has 1 aliphatic carbocycles. The average Bonchev–Trinajstić information content (AvgIpc) is 3.39. The molecule has 0 amide bonds. The third-order valence-corrected chi connectivity index (χ3v) is 8.60. The molecule has 1 heterocycles. The Labute approximate surface area is 254 Å². The fourth-order valence-electron chi connectivity index (χ4n) is 5.61. The molecule has 0 aromatic heterocycles. The lowest BCUT2D eigenvalue weighted by Gasteiger charge is -2.24. The molecule has 42 heavy (non-hydrogen) atoms. The molecule has 1 unspecified atom stereocenters. The molecular weight excluding hydrogens is 546 g/mol. The van der Waals surface area contributed by atoms with Crippen molar-refractivity contribution in [2.24, 2.45) is 11.8 Å². The zero-order valence-electron chi connectivity index (χ0n) is 24.8. The van der Waals surface area contributed by atoms with Gasteiger partial charge in [-0.3, -0.25) is 0 Å². The van der Waals surface area contributed by atoms with Crippen molar-refractivity contribution in [3.8, 4) is 11.5 Å². The Morgan fingerprint density at radius 1 is 1.00 bits per heavy atom. The summed E-state index contributed by atoms with van der Waals surface area (Å²) in [6, 6.07) is 23.9. The summed E-state index contributed by atoms with van der Waals surface area (Å²) in [6.07, 6.45) is -0.702. The monoisotopic (exact) mass is 587 g/mol. The van der Waals surface area contributed by atoms with Crippen LogP contribution in [0, 0.1) is 18.8 Å². The molecule has 3 N–H and O–H groups in total. The van der Waals surface area contributed by atoms with E-state index in [-0.39, 0.29) is 11.8 Å². The Morgan fingerprint density at radius 3 is 2.26 bits per heavy atom. The van der Waals surface area contributed by atoms with Crippen LogP contribution < -0.4 is 20.1 Å². The van der Waals surface area contributed by atoms with Gasteiger partial charge < -0.3 is 30.1 Å². The number of carboxylic acid groups (broad SMARTS) is 1. The smallest absolute Gasteiger partial charge is 0.345 e. The van der Waals surface area contributed by atoms with Crippen LogP contribution >= 0.6 is 12.2 Å². The summed E-state index contributed by atoms with van der Waals surface area (Å²) in [5, 5.41) is 17.6. The second kappa shape index (κ2) is 12.7. The molecule has 8 heteroatoms. The normalized spacial score (nSPS) is 20.0. The van der Waals surface area contributed by atoms with Gasteiger partial charge in [-0.2, -0.15) is 0 Å². The lowest BCUT2D eigenvalue weighted by molar-refractivity contribution is -0.145. The number of rotatable bonds is 11. The van der Waals surface area contributed by atoms with E-state index in [1.165, 1.54) is 11.1 Å². The van der Waals surface area contributed by atoms with Crippen LogP contribution in [0.5, 0.6) is 11.5 Å². The SMILES string of the molecule is Cc1ccccc1NC(=S)N1CC2[C@H](C1)[C@H]2NCCOc1ccc(C[C@H](Oc2ccc(C(C)(C)C)cc2)C(=O)O)cc1. The molecular formula is C34H41N3O4S. The molecule has 0 spiro atoms. The minimum absolute atomic E-state index is 0.0259. The molecule has 1 saturated carbocycles. The standard InChI is InChI=1S/C34H41N3O4S/c1-22-7-5-6-8-29(22)36-33(42)37-20-27-28(21-37)31(27)35-17-18-40-25-13-9-23(10-14-25)19-30(32(38)39)41-26-15-11-24(12-16-26)34(2,3)4/h5-16,27-28,30-31,35H,17-21H2,1-4H3,(H,36,42)(H,38,39)/t27-,28?,30-,31+/m0/s1. The summed E-state index contributed by atoms with van der Waals surface area (Å²) in [4.78, 5) is 14.2. The summed E-state index contributed by atoms with van der Waals surface area (Å²) in [5.41, 5.74) is 4.34. The van der Waals surface area contributed by atoms with Crippen LogP contribution in [0.2, 0.25) is 0 Å². The Morgan fingerprint density at radius 2 is 1.64 bits per heavy atom. The van der Waals surface area contributed by atoms with E-state index in [2.05, 4.69) is 55.4 Å². The molecule has 7 nitrogen and oxygen atoms in total.